The van der Waals surface area contributed by atoms with Crippen LogP contribution in [0.5, 0.6) is 17.2 Å². The third-order valence-corrected chi connectivity index (χ3v) is 7.53. The summed E-state index contributed by atoms with van der Waals surface area (Å²) in [6, 6.07) is 23.3. The fraction of sp³-hybridized carbons (Fsp3) is 0.0938. The first-order chi connectivity index (χ1) is 20.7. The average Bonchev–Trinajstić information content (AvgIpc) is 2.99. The smallest absolute Gasteiger partial charge is 0.335 e. The second kappa shape index (κ2) is 13.3. The van der Waals surface area contributed by atoms with Crippen molar-refractivity contribution in [2.24, 2.45) is 0 Å². The number of imide groups is 2. The highest BCUT2D eigenvalue weighted by atomic mass is 79.9. The van der Waals surface area contributed by atoms with E-state index in [2.05, 4.69) is 21.2 Å². The zero-order chi connectivity index (χ0) is 30.5. The number of nitrogens with zero attached hydrogens (tertiary/aromatic N) is 1. The van der Waals surface area contributed by atoms with Gasteiger partial charge >= 0.3 is 6.03 Å². The van der Waals surface area contributed by atoms with Gasteiger partial charge in [0.1, 0.15) is 24.5 Å². The minimum Gasteiger partial charge on any atom is -0.493 e. The maximum absolute atomic E-state index is 13.4. The SMILES string of the molecule is COc1cc(/C=C2\C(=O)NC(=O)N(c3ccc(OCc4ccc(Cl)cc4Cl)cc3)C2=O)ccc1OCc1ccc(Br)cc1. The Morgan fingerprint density at radius 3 is 2.28 bits per heavy atom. The first kappa shape index (κ1) is 30.2. The molecule has 0 aromatic heterocycles. The third kappa shape index (κ3) is 7.19. The lowest BCUT2D eigenvalue weighted by Crippen LogP contribution is -2.54. The summed E-state index contributed by atoms with van der Waals surface area (Å²) < 4.78 is 18.1. The molecule has 0 radical (unpaired) electrons. The van der Waals surface area contributed by atoms with Gasteiger partial charge in [0.2, 0.25) is 0 Å². The fourth-order valence-corrected chi connectivity index (χ4v) is 4.91. The Balaban J connectivity index is 1.30. The molecular formula is C32H23BrCl2N2O6. The van der Waals surface area contributed by atoms with Crippen molar-refractivity contribution in [3.63, 3.8) is 0 Å². The first-order valence-corrected chi connectivity index (χ1v) is 14.4. The maximum atomic E-state index is 13.4. The molecule has 1 heterocycles. The summed E-state index contributed by atoms with van der Waals surface area (Å²) in [7, 11) is 1.50. The molecule has 0 aliphatic carbocycles. The summed E-state index contributed by atoms with van der Waals surface area (Å²) in [5.41, 5.74) is 2.26. The predicted octanol–water partition coefficient (Wildman–Crippen LogP) is 7.59. The minimum atomic E-state index is -0.858. The normalized spacial score (nSPS) is 14.1. The van der Waals surface area contributed by atoms with Gasteiger partial charge in [-0.05, 0) is 77.9 Å². The Kier molecular flexibility index (Phi) is 9.35. The molecule has 0 unspecified atom stereocenters. The quantitative estimate of drug-likeness (QED) is 0.145. The number of carbonyl (C=O) groups is 3. The summed E-state index contributed by atoms with van der Waals surface area (Å²) >= 11 is 15.6. The van der Waals surface area contributed by atoms with Gasteiger partial charge in [-0.2, -0.15) is 0 Å². The number of carbonyl (C=O) groups excluding carboxylic acids is 3. The molecule has 0 bridgehead atoms. The van der Waals surface area contributed by atoms with E-state index in [1.54, 1.807) is 60.7 Å². The molecule has 1 aliphatic heterocycles. The zero-order valence-electron chi connectivity index (χ0n) is 22.6. The topological polar surface area (TPSA) is 94.2 Å². The molecule has 4 aromatic carbocycles. The molecule has 5 rings (SSSR count). The van der Waals surface area contributed by atoms with Crippen LogP contribution in [0.25, 0.3) is 6.08 Å². The zero-order valence-corrected chi connectivity index (χ0v) is 25.7. The second-order valence-electron chi connectivity index (χ2n) is 9.30. The molecule has 218 valence electrons. The number of ether oxygens (including phenoxy) is 3. The van der Waals surface area contributed by atoms with E-state index in [4.69, 9.17) is 37.4 Å². The lowest BCUT2D eigenvalue weighted by molar-refractivity contribution is -0.122. The van der Waals surface area contributed by atoms with Crippen LogP contribution >= 0.6 is 39.1 Å². The van der Waals surface area contributed by atoms with E-state index < -0.39 is 17.8 Å². The van der Waals surface area contributed by atoms with Crippen LogP contribution in [0.3, 0.4) is 0 Å². The number of hydrogen-bond donors (Lipinski definition) is 1. The number of amides is 4. The highest BCUT2D eigenvalue weighted by molar-refractivity contribution is 9.10. The van der Waals surface area contributed by atoms with Crippen molar-refractivity contribution < 1.29 is 28.6 Å². The number of rotatable bonds is 9. The number of barbiturate groups is 1. The Labute approximate surface area is 265 Å². The summed E-state index contributed by atoms with van der Waals surface area (Å²) in [4.78, 5) is 39.6. The lowest BCUT2D eigenvalue weighted by atomic mass is 10.1. The van der Waals surface area contributed by atoms with Gasteiger partial charge in [0.05, 0.1) is 12.8 Å². The number of halogens is 3. The highest BCUT2D eigenvalue weighted by Crippen LogP contribution is 2.31. The molecule has 1 saturated heterocycles. The van der Waals surface area contributed by atoms with E-state index >= 15 is 0 Å². The van der Waals surface area contributed by atoms with Crippen LogP contribution in [0.15, 0.2) is 95.0 Å². The van der Waals surface area contributed by atoms with Crippen LogP contribution in [-0.4, -0.2) is 25.0 Å². The third-order valence-electron chi connectivity index (χ3n) is 6.41. The molecule has 0 saturated carbocycles. The van der Waals surface area contributed by atoms with E-state index in [1.807, 2.05) is 24.3 Å². The van der Waals surface area contributed by atoms with E-state index in [1.165, 1.54) is 13.2 Å². The molecule has 0 spiro atoms. The first-order valence-electron chi connectivity index (χ1n) is 12.9. The van der Waals surface area contributed by atoms with Gasteiger partial charge < -0.3 is 14.2 Å². The highest BCUT2D eigenvalue weighted by Gasteiger charge is 2.36. The van der Waals surface area contributed by atoms with Crippen LogP contribution in [-0.2, 0) is 22.8 Å². The molecule has 4 amide bonds. The van der Waals surface area contributed by atoms with Crippen LogP contribution < -0.4 is 24.4 Å². The Hall–Kier alpha value is -4.31. The molecule has 1 N–H and O–H groups in total. The number of methoxy groups -OCH3 is 1. The van der Waals surface area contributed by atoms with Gasteiger partial charge in [-0.25, -0.2) is 9.69 Å². The predicted molar refractivity (Wildman–Crippen MR) is 168 cm³/mol. The van der Waals surface area contributed by atoms with Gasteiger partial charge in [-0.3, -0.25) is 14.9 Å². The molecule has 1 aliphatic rings. The van der Waals surface area contributed by atoms with Crippen molar-refractivity contribution in [1.82, 2.24) is 5.32 Å². The van der Waals surface area contributed by atoms with Crippen molar-refractivity contribution in [2.75, 3.05) is 12.0 Å². The van der Waals surface area contributed by atoms with Gasteiger partial charge in [-0.15, -0.1) is 0 Å². The maximum Gasteiger partial charge on any atom is 0.335 e. The molecular weight excluding hydrogens is 659 g/mol. The molecule has 8 nitrogen and oxygen atoms in total. The molecule has 43 heavy (non-hydrogen) atoms. The minimum absolute atomic E-state index is 0.192. The second-order valence-corrected chi connectivity index (χ2v) is 11.1. The van der Waals surface area contributed by atoms with E-state index in [9.17, 15) is 14.4 Å². The average molecular weight is 682 g/mol. The van der Waals surface area contributed by atoms with Gasteiger partial charge in [0, 0.05) is 20.1 Å². The largest absolute Gasteiger partial charge is 0.493 e. The summed E-state index contributed by atoms with van der Waals surface area (Å²) in [5.74, 6) is -0.186. The molecule has 11 heteroatoms. The van der Waals surface area contributed by atoms with Crippen LogP contribution in [0.4, 0.5) is 10.5 Å². The number of benzene rings is 4. The summed E-state index contributed by atoms with van der Waals surface area (Å²) in [6.45, 7) is 0.512. The van der Waals surface area contributed by atoms with Crippen LogP contribution in [0.2, 0.25) is 10.0 Å². The number of anilines is 1. The van der Waals surface area contributed by atoms with Gasteiger partial charge in [-0.1, -0.05) is 63.4 Å². The molecule has 1 fully saturated rings. The van der Waals surface area contributed by atoms with Crippen molar-refractivity contribution in [3.05, 3.63) is 122 Å². The fourth-order valence-electron chi connectivity index (χ4n) is 4.18. The molecule has 4 aromatic rings. The van der Waals surface area contributed by atoms with Crippen molar-refractivity contribution in [3.8, 4) is 17.2 Å². The van der Waals surface area contributed by atoms with Crippen LogP contribution in [0, 0.1) is 0 Å². The van der Waals surface area contributed by atoms with E-state index in [-0.39, 0.29) is 17.9 Å². The number of hydrogen-bond acceptors (Lipinski definition) is 6. The van der Waals surface area contributed by atoms with E-state index in [0.717, 1.165) is 20.5 Å². The van der Waals surface area contributed by atoms with Crippen molar-refractivity contribution in [2.45, 2.75) is 13.2 Å². The summed E-state index contributed by atoms with van der Waals surface area (Å²) in [6.07, 6.45) is 1.39. The van der Waals surface area contributed by atoms with Crippen molar-refractivity contribution in [1.29, 1.82) is 0 Å². The lowest BCUT2D eigenvalue weighted by Gasteiger charge is -2.26. The van der Waals surface area contributed by atoms with Crippen molar-refractivity contribution >= 4 is 68.7 Å². The molecule has 0 atom stereocenters. The van der Waals surface area contributed by atoms with Crippen LogP contribution in [0.1, 0.15) is 16.7 Å². The van der Waals surface area contributed by atoms with Gasteiger partial charge in [0.15, 0.2) is 11.5 Å². The Bertz CT molecular complexity index is 1730. The van der Waals surface area contributed by atoms with Gasteiger partial charge in [0.25, 0.3) is 11.8 Å². The summed E-state index contributed by atoms with van der Waals surface area (Å²) in [5, 5.41) is 3.22. The number of nitrogens with one attached hydrogen (secondary N) is 1. The standard InChI is InChI=1S/C32H23BrCl2N2O6/c1-41-29-15-20(4-13-28(29)43-17-19-2-6-22(33)7-3-19)14-26-30(38)36-32(40)37(31(26)39)24-9-11-25(12-10-24)42-18-21-5-8-23(34)16-27(21)35/h2-16H,17-18H2,1H3,(H,36,38,40)/b26-14+. The Morgan fingerprint density at radius 2 is 1.58 bits per heavy atom. The van der Waals surface area contributed by atoms with E-state index in [0.29, 0.717) is 39.5 Å². The monoisotopic (exact) mass is 680 g/mol. The Morgan fingerprint density at radius 1 is 0.837 bits per heavy atom. The number of urea groups is 1.